The number of hydrogen-bond donors (Lipinski definition) is 1. The van der Waals surface area contributed by atoms with Crippen molar-refractivity contribution in [3.05, 3.63) is 29.6 Å². The molecule has 0 saturated carbocycles. The van der Waals surface area contributed by atoms with Crippen LogP contribution in [0.4, 0.5) is 4.39 Å². The Hall–Kier alpha value is -1.14. The molecule has 0 aliphatic carbocycles. The maximum atomic E-state index is 14.2. The van der Waals surface area contributed by atoms with Crippen LogP contribution in [-0.4, -0.2) is 33.6 Å². The lowest BCUT2D eigenvalue weighted by atomic mass is 10.0. The van der Waals surface area contributed by atoms with Crippen molar-refractivity contribution < 1.29 is 17.5 Å². The van der Waals surface area contributed by atoms with Gasteiger partial charge in [0.2, 0.25) is 0 Å². The highest BCUT2D eigenvalue weighted by molar-refractivity contribution is 7.91. The van der Waals surface area contributed by atoms with E-state index in [1.165, 1.54) is 13.2 Å². The summed E-state index contributed by atoms with van der Waals surface area (Å²) in [5.41, 5.74) is 0.305. The summed E-state index contributed by atoms with van der Waals surface area (Å²) in [6.07, 6.45) is 1.15. The van der Waals surface area contributed by atoms with Crippen LogP contribution in [0.15, 0.2) is 18.2 Å². The lowest BCUT2D eigenvalue weighted by molar-refractivity contribution is 0.379. The van der Waals surface area contributed by atoms with Crippen LogP contribution < -0.4 is 10.1 Å². The first-order valence-electron chi connectivity index (χ1n) is 6.07. The average molecular weight is 289 g/mol. The van der Waals surface area contributed by atoms with Crippen molar-refractivity contribution in [3.8, 4) is 5.75 Å². The highest BCUT2D eigenvalue weighted by atomic mass is 32.2. The molecule has 0 aromatic heterocycles. The summed E-state index contributed by atoms with van der Waals surface area (Å²) in [6.45, 7) is 3.96. The molecule has 0 aliphatic rings. The molecule has 1 N–H and O–H groups in total. The molecule has 19 heavy (non-hydrogen) atoms. The SMILES string of the molecule is CCNC(c1cccc(OC)c1F)C(C)S(C)(=O)=O. The highest BCUT2D eigenvalue weighted by Crippen LogP contribution is 2.29. The van der Waals surface area contributed by atoms with Crippen LogP contribution in [0, 0.1) is 5.82 Å². The maximum absolute atomic E-state index is 14.2. The van der Waals surface area contributed by atoms with Gasteiger partial charge in [-0.25, -0.2) is 12.8 Å². The van der Waals surface area contributed by atoms with Gasteiger partial charge in [-0.15, -0.1) is 0 Å². The van der Waals surface area contributed by atoms with Crippen molar-refractivity contribution in [2.75, 3.05) is 19.9 Å². The molecule has 2 unspecified atom stereocenters. The van der Waals surface area contributed by atoms with Crippen molar-refractivity contribution in [2.45, 2.75) is 25.1 Å². The Bertz CT molecular complexity index is 531. The number of ether oxygens (including phenoxy) is 1. The van der Waals surface area contributed by atoms with Gasteiger partial charge in [-0.1, -0.05) is 19.1 Å². The van der Waals surface area contributed by atoms with Gasteiger partial charge < -0.3 is 10.1 Å². The van der Waals surface area contributed by atoms with Crippen LogP contribution >= 0.6 is 0 Å². The summed E-state index contributed by atoms with van der Waals surface area (Å²) < 4.78 is 42.5. The van der Waals surface area contributed by atoms with E-state index in [4.69, 9.17) is 4.74 Å². The van der Waals surface area contributed by atoms with Gasteiger partial charge in [-0.3, -0.25) is 0 Å². The molecule has 0 amide bonds. The topological polar surface area (TPSA) is 55.4 Å². The Kier molecular flexibility index (Phi) is 5.31. The molecule has 2 atom stereocenters. The van der Waals surface area contributed by atoms with Crippen LogP contribution in [0.5, 0.6) is 5.75 Å². The molecule has 1 aromatic carbocycles. The number of benzene rings is 1. The van der Waals surface area contributed by atoms with Crippen LogP contribution in [0.1, 0.15) is 25.5 Å². The first-order chi connectivity index (χ1) is 8.82. The van der Waals surface area contributed by atoms with E-state index in [-0.39, 0.29) is 5.75 Å². The third-order valence-electron chi connectivity index (χ3n) is 3.12. The number of nitrogens with one attached hydrogen (secondary N) is 1. The third kappa shape index (κ3) is 3.67. The minimum atomic E-state index is -3.28. The Labute approximate surface area is 113 Å². The zero-order chi connectivity index (χ0) is 14.6. The average Bonchev–Trinajstić information content (AvgIpc) is 2.35. The summed E-state index contributed by atoms with van der Waals surface area (Å²) >= 11 is 0. The molecule has 0 radical (unpaired) electrons. The van der Waals surface area contributed by atoms with Gasteiger partial charge in [0.05, 0.1) is 18.4 Å². The second-order valence-corrected chi connectivity index (χ2v) is 6.84. The van der Waals surface area contributed by atoms with Crippen LogP contribution in [-0.2, 0) is 9.84 Å². The highest BCUT2D eigenvalue weighted by Gasteiger charge is 2.29. The second kappa shape index (κ2) is 6.34. The van der Waals surface area contributed by atoms with E-state index in [0.29, 0.717) is 12.1 Å². The summed E-state index contributed by atoms with van der Waals surface area (Å²) in [6, 6.07) is 4.13. The predicted molar refractivity (Wildman–Crippen MR) is 73.7 cm³/mol. The predicted octanol–water partition coefficient (Wildman–Crippen LogP) is 1.92. The van der Waals surface area contributed by atoms with E-state index >= 15 is 0 Å². The second-order valence-electron chi connectivity index (χ2n) is 4.43. The molecule has 0 bridgehead atoms. The Morgan fingerprint density at radius 1 is 1.42 bits per heavy atom. The zero-order valence-corrected chi connectivity index (χ0v) is 12.4. The fourth-order valence-corrected chi connectivity index (χ4v) is 2.66. The van der Waals surface area contributed by atoms with Gasteiger partial charge in [-0.05, 0) is 19.5 Å². The minimum absolute atomic E-state index is 0.112. The zero-order valence-electron chi connectivity index (χ0n) is 11.6. The molecule has 0 saturated heterocycles. The number of hydrogen-bond acceptors (Lipinski definition) is 4. The van der Waals surface area contributed by atoms with Crippen molar-refractivity contribution in [3.63, 3.8) is 0 Å². The van der Waals surface area contributed by atoms with Gasteiger partial charge >= 0.3 is 0 Å². The van der Waals surface area contributed by atoms with Crippen molar-refractivity contribution in [2.24, 2.45) is 0 Å². The first-order valence-corrected chi connectivity index (χ1v) is 8.03. The van der Waals surface area contributed by atoms with E-state index in [0.717, 1.165) is 6.26 Å². The molecule has 6 heteroatoms. The van der Waals surface area contributed by atoms with Gasteiger partial charge in [0.15, 0.2) is 21.4 Å². The van der Waals surface area contributed by atoms with Crippen LogP contribution in [0.2, 0.25) is 0 Å². The number of halogens is 1. The molecule has 108 valence electrons. The van der Waals surface area contributed by atoms with Gasteiger partial charge in [0, 0.05) is 11.8 Å². The quantitative estimate of drug-likeness (QED) is 0.869. The summed E-state index contributed by atoms with van der Waals surface area (Å²) in [5, 5.41) is 2.29. The maximum Gasteiger partial charge on any atom is 0.169 e. The third-order valence-corrected chi connectivity index (χ3v) is 4.74. The van der Waals surface area contributed by atoms with Gasteiger partial charge in [0.1, 0.15) is 0 Å². The van der Waals surface area contributed by atoms with E-state index < -0.39 is 26.9 Å². The molecule has 0 aliphatic heterocycles. The van der Waals surface area contributed by atoms with Gasteiger partial charge in [-0.2, -0.15) is 0 Å². The number of sulfone groups is 1. The molecule has 4 nitrogen and oxygen atoms in total. The Balaban J connectivity index is 3.27. The lowest BCUT2D eigenvalue weighted by Crippen LogP contribution is -2.35. The lowest BCUT2D eigenvalue weighted by Gasteiger charge is -2.24. The first kappa shape index (κ1) is 15.9. The molecule has 0 heterocycles. The van der Waals surface area contributed by atoms with Crippen LogP contribution in [0.3, 0.4) is 0 Å². The largest absolute Gasteiger partial charge is 0.494 e. The van der Waals surface area contributed by atoms with Gasteiger partial charge in [0.25, 0.3) is 0 Å². The number of rotatable bonds is 6. The Morgan fingerprint density at radius 3 is 2.53 bits per heavy atom. The fraction of sp³-hybridized carbons (Fsp3) is 0.538. The normalized spacial score (nSPS) is 15.0. The van der Waals surface area contributed by atoms with E-state index in [1.54, 1.807) is 19.1 Å². The molecule has 0 spiro atoms. The molecule has 0 fully saturated rings. The van der Waals surface area contributed by atoms with Crippen LogP contribution in [0.25, 0.3) is 0 Å². The summed E-state index contributed by atoms with van der Waals surface area (Å²) in [4.78, 5) is 0. The number of methoxy groups -OCH3 is 1. The monoisotopic (exact) mass is 289 g/mol. The smallest absolute Gasteiger partial charge is 0.169 e. The molecular formula is C13H20FNO3S. The van der Waals surface area contributed by atoms with Crippen molar-refractivity contribution in [1.29, 1.82) is 0 Å². The summed E-state index contributed by atoms with van der Waals surface area (Å²) in [7, 11) is -1.90. The molecule has 1 aromatic rings. The Morgan fingerprint density at radius 2 is 2.05 bits per heavy atom. The van der Waals surface area contributed by atoms with E-state index in [9.17, 15) is 12.8 Å². The summed E-state index contributed by atoms with van der Waals surface area (Å²) in [5.74, 6) is -0.410. The standard InChI is InChI=1S/C13H20FNO3S/c1-5-15-13(9(2)19(4,16)17)10-7-6-8-11(18-3)12(10)14/h6-9,13,15H,5H2,1-4H3. The molecular weight excluding hydrogens is 269 g/mol. The van der Waals surface area contributed by atoms with E-state index in [2.05, 4.69) is 5.32 Å². The van der Waals surface area contributed by atoms with Crippen molar-refractivity contribution in [1.82, 2.24) is 5.32 Å². The molecule has 1 rings (SSSR count). The minimum Gasteiger partial charge on any atom is -0.494 e. The van der Waals surface area contributed by atoms with Crippen molar-refractivity contribution >= 4 is 9.84 Å². The fourth-order valence-electron chi connectivity index (χ4n) is 1.92. The van der Waals surface area contributed by atoms with E-state index in [1.807, 2.05) is 6.92 Å².